The summed E-state index contributed by atoms with van der Waals surface area (Å²) in [6, 6.07) is 0. The zero-order chi connectivity index (χ0) is 16.1. The minimum absolute atomic E-state index is 0.0629. The highest BCUT2D eigenvalue weighted by molar-refractivity contribution is 5.98. The van der Waals surface area contributed by atoms with Crippen molar-refractivity contribution in [2.24, 2.45) is 0 Å². The normalized spacial score (nSPS) is 13.0. The second kappa shape index (κ2) is 12.6. The number of aliphatic hydroxyl groups is 1. The largest absolute Gasteiger partial charge is 0.466 e. The van der Waals surface area contributed by atoms with Crippen LogP contribution in [-0.2, 0) is 14.3 Å². The minimum Gasteiger partial charge on any atom is -0.466 e. The van der Waals surface area contributed by atoms with Crippen molar-refractivity contribution in [3.8, 4) is 0 Å². The topological polar surface area (TPSA) is 63.6 Å². The third-order valence-corrected chi connectivity index (χ3v) is 3.52. The van der Waals surface area contributed by atoms with Crippen LogP contribution in [0.3, 0.4) is 0 Å². The lowest BCUT2D eigenvalue weighted by molar-refractivity contribution is -0.139. The number of hydrogen-bond donors (Lipinski definition) is 1. The van der Waals surface area contributed by atoms with Crippen LogP contribution in [0.5, 0.6) is 0 Å². The summed E-state index contributed by atoms with van der Waals surface area (Å²) in [7, 11) is 1.25. The first-order valence-corrected chi connectivity index (χ1v) is 8.01. The van der Waals surface area contributed by atoms with E-state index in [1.807, 2.05) is 0 Å². The molecule has 0 rings (SSSR count). The van der Waals surface area contributed by atoms with Crippen molar-refractivity contribution in [2.45, 2.75) is 77.7 Å². The van der Waals surface area contributed by atoms with Gasteiger partial charge in [-0.05, 0) is 19.8 Å². The number of carbonyl (C=O) groups is 2. The van der Waals surface area contributed by atoms with E-state index in [1.54, 1.807) is 6.08 Å². The Morgan fingerprint density at radius 3 is 2.05 bits per heavy atom. The second-order valence-electron chi connectivity index (χ2n) is 5.43. The number of hydrogen-bond acceptors (Lipinski definition) is 4. The number of carbonyl (C=O) groups excluding carboxylic acids is 2. The minimum atomic E-state index is -1.37. The molecule has 0 aromatic rings. The van der Waals surface area contributed by atoms with Gasteiger partial charge < -0.3 is 9.84 Å². The summed E-state index contributed by atoms with van der Waals surface area (Å²) in [6.45, 7) is 3.47. The quantitative estimate of drug-likeness (QED) is 0.340. The number of ketones is 1. The molecule has 122 valence electrons. The van der Waals surface area contributed by atoms with E-state index in [1.165, 1.54) is 52.6 Å². The first-order valence-electron chi connectivity index (χ1n) is 8.01. The van der Waals surface area contributed by atoms with E-state index < -0.39 is 17.9 Å². The number of rotatable bonds is 12. The molecule has 0 saturated heterocycles. The summed E-state index contributed by atoms with van der Waals surface area (Å²) in [4.78, 5) is 22.7. The van der Waals surface area contributed by atoms with Gasteiger partial charge in [0.25, 0.3) is 0 Å². The fraction of sp³-hybridized carbons (Fsp3) is 0.765. The Morgan fingerprint density at radius 1 is 1.05 bits per heavy atom. The summed E-state index contributed by atoms with van der Waals surface area (Å²) < 4.78 is 4.60. The van der Waals surface area contributed by atoms with Gasteiger partial charge in [-0.25, -0.2) is 4.79 Å². The molecule has 0 aromatic heterocycles. The molecule has 1 N–H and O–H groups in total. The Kier molecular flexibility index (Phi) is 11.9. The Hall–Kier alpha value is -1.16. The maximum Gasteiger partial charge on any atom is 0.336 e. The molecular weight excluding hydrogens is 268 g/mol. The third-order valence-electron chi connectivity index (χ3n) is 3.52. The Labute approximate surface area is 128 Å². The second-order valence-corrected chi connectivity index (χ2v) is 5.43. The molecule has 0 radical (unpaired) electrons. The molecule has 0 amide bonds. The van der Waals surface area contributed by atoms with E-state index in [0.717, 1.165) is 12.8 Å². The molecule has 4 nitrogen and oxygen atoms in total. The van der Waals surface area contributed by atoms with E-state index in [0.29, 0.717) is 6.42 Å². The fourth-order valence-electron chi connectivity index (χ4n) is 2.18. The van der Waals surface area contributed by atoms with Gasteiger partial charge in [-0.15, -0.1) is 0 Å². The summed E-state index contributed by atoms with van der Waals surface area (Å²) >= 11 is 0. The molecule has 0 spiro atoms. The van der Waals surface area contributed by atoms with Crippen LogP contribution in [0.2, 0.25) is 0 Å². The molecule has 1 atom stereocenters. The van der Waals surface area contributed by atoms with Crippen LogP contribution in [0.25, 0.3) is 0 Å². The average molecular weight is 298 g/mol. The molecule has 4 heteroatoms. The lowest BCUT2D eigenvalue weighted by atomic mass is 10.0. The number of Topliss-reactive ketones (excluding diaryl/α,β-unsaturated/α-hetero) is 1. The molecule has 0 saturated carbocycles. The molecule has 21 heavy (non-hydrogen) atoms. The van der Waals surface area contributed by atoms with E-state index in [-0.39, 0.29) is 5.57 Å². The van der Waals surface area contributed by atoms with Crippen LogP contribution < -0.4 is 0 Å². The van der Waals surface area contributed by atoms with Gasteiger partial charge in [0.05, 0.1) is 12.7 Å². The van der Waals surface area contributed by atoms with E-state index in [4.69, 9.17) is 0 Å². The lowest BCUT2D eigenvalue weighted by Gasteiger charge is -2.10. The van der Waals surface area contributed by atoms with E-state index in [2.05, 4.69) is 11.7 Å². The van der Waals surface area contributed by atoms with Gasteiger partial charge in [-0.1, -0.05) is 57.9 Å². The predicted octanol–water partition coefficient (Wildman–Crippen LogP) is 3.57. The molecule has 0 bridgehead atoms. The van der Waals surface area contributed by atoms with Gasteiger partial charge in [0.2, 0.25) is 0 Å². The SMILES string of the molecule is CCCCCCCCCCC=C(C(=O)OC)C(O)C(C)=O. The number of allylic oxidation sites excluding steroid dienone is 1. The lowest BCUT2D eigenvalue weighted by Crippen LogP contribution is -2.25. The summed E-state index contributed by atoms with van der Waals surface area (Å²) in [6.07, 6.45) is 10.6. The number of unbranched alkanes of at least 4 members (excludes halogenated alkanes) is 8. The number of esters is 1. The highest BCUT2D eigenvalue weighted by atomic mass is 16.5. The summed E-state index contributed by atoms with van der Waals surface area (Å²) in [5.41, 5.74) is 0.0629. The number of ether oxygens (including phenoxy) is 1. The van der Waals surface area contributed by atoms with Gasteiger partial charge in [0.1, 0.15) is 6.10 Å². The molecule has 0 aliphatic heterocycles. The zero-order valence-corrected chi connectivity index (χ0v) is 13.7. The van der Waals surface area contributed by atoms with Crippen LogP contribution in [-0.4, -0.2) is 30.1 Å². The third kappa shape index (κ3) is 9.40. The summed E-state index contributed by atoms with van der Waals surface area (Å²) in [5, 5.41) is 9.69. The highest BCUT2D eigenvalue weighted by Crippen LogP contribution is 2.13. The van der Waals surface area contributed by atoms with Crippen LogP contribution >= 0.6 is 0 Å². The van der Waals surface area contributed by atoms with Gasteiger partial charge in [0.15, 0.2) is 5.78 Å². The van der Waals surface area contributed by atoms with Crippen LogP contribution in [0.4, 0.5) is 0 Å². The molecular formula is C17H30O4. The Balaban J connectivity index is 3.99. The molecule has 1 unspecified atom stereocenters. The van der Waals surface area contributed by atoms with Crippen LogP contribution in [0, 0.1) is 0 Å². The Morgan fingerprint density at radius 2 is 1.57 bits per heavy atom. The van der Waals surface area contributed by atoms with Crippen molar-refractivity contribution in [1.29, 1.82) is 0 Å². The summed E-state index contributed by atoms with van der Waals surface area (Å²) in [5.74, 6) is -1.07. The zero-order valence-electron chi connectivity index (χ0n) is 13.7. The van der Waals surface area contributed by atoms with Crippen molar-refractivity contribution in [2.75, 3.05) is 7.11 Å². The van der Waals surface area contributed by atoms with Crippen molar-refractivity contribution in [3.05, 3.63) is 11.6 Å². The molecule has 0 aliphatic rings. The van der Waals surface area contributed by atoms with Crippen molar-refractivity contribution < 1.29 is 19.4 Å². The van der Waals surface area contributed by atoms with Crippen molar-refractivity contribution in [3.63, 3.8) is 0 Å². The maximum atomic E-state index is 11.5. The predicted molar refractivity (Wildman–Crippen MR) is 84.0 cm³/mol. The number of methoxy groups -OCH3 is 1. The smallest absolute Gasteiger partial charge is 0.336 e. The van der Waals surface area contributed by atoms with Crippen LogP contribution in [0.15, 0.2) is 11.6 Å². The molecule has 0 fully saturated rings. The van der Waals surface area contributed by atoms with E-state index >= 15 is 0 Å². The monoisotopic (exact) mass is 298 g/mol. The standard InChI is InChI=1S/C17H30O4/c1-4-5-6-7-8-9-10-11-12-13-15(17(20)21-3)16(19)14(2)18/h13,16,19H,4-12H2,1-3H3. The van der Waals surface area contributed by atoms with Gasteiger partial charge in [0, 0.05) is 0 Å². The first-order chi connectivity index (χ1) is 10.0. The van der Waals surface area contributed by atoms with Crippen LogP contribution in [0.1, 0.15) is 71.6 Å². The number of aliphatic hydroxyl groups excluding tert-OH is 1. The van der Waals surface area contributed by atoms with Gasteiger partial charge in [-0.3, -0.25) is 4.79 Å². The van der Waals surface area contributed by atoms with Gasteiger partial charge >= 0.3 is 5.97 Å². The van der Waals surface area contributed by atoms with Crippen molar-refractivity contribution in [1.82, 2.24) is 0 Å². The fourth-order valence-corrected chi connectivity index (χ4v) is 2.18. The maximum absolute atomic E-state index is 11.5. The average Bonchev–Trinajstić information content (AvgIpc) is 2.48. The molecule has 0 heterocycles. The van der Waals surface area contributed by atoms with Crippen molar-refractivity contribution >= 4 is 11.8 Å². The molecule has 0 aliphatic carbocycles. The Bertz CT molecular complexity index is 334. The van der Waals surface area contributed by atoms with E-state index in [9.17, 15) is 14.7 Å². The first kappa shape index (κ1) is 19.8. The highest BCUT2D eigenvalue weighted by Gasteiger charge is 2.22. The van der Waals surface area contributed by atoms with Gasteiger partial charge in [-0.2, -0.15) is 0 Å². The molecule has 0 aromatic carbocycles.